The molecule has 4 heteroatoms. The molecule has 1 heterocycles. The monoisotopic (exact) mass is 265 g/mol. The van der Waals surface area contributed by atoms with Crippen LogP contribution in [0, 0.1) is 5.82 Å². The van der Waals surface area contributed by atoms with Crippen LogP contribution in [0.15, 0.2) is 24.3 Å². The molecule has 3 nitrogen and oxygen atoms in total. The van der Waals surface area contributed by atoms with Gasteiger partial charge in [-0.05, 0) is 30.4 Å². The molecule has 1 unspecified atom stereocenters. The van der Waals surface area contributed by atoms with Crippen LogP contribution < -0.4 is 5.32 Å². The Morgan fingerprint density at radius 1 is 1.37 bits per heavy atom. The third-order valence-electron chi connectivity index (χ3n) is 4.29. The fourth-order valence-corrected chi connectivity index (χ4v) is 2.91. The molecule has 0 bridgehead atoms. The Morgan fingerprint density at radius 2 is 2.16 bits per heavy atom. The van der Waals surface area contributed by atoms with Crippen molar-refractivity contribution < 1.29 is 14.2 Å². The van der Waals surface area contributed by atoms with E-state index in [-0.39, 0.29) is 5.82 Å². The van der Waals surface area contributed by atoms with E-state index in [9.17, 15) is 9.50 Å². The lowest BCUT2D eigenvalue weighted by atomic mass is 9.75. The summed E-state index contributed by atoms with van der Waals surface area (Å²) >= 11 is 0. The van der Waals surface area contributed by atoms with Gasteiger partial charge in [0, 0.05) is 25.6 Å². The van der Waals surface area contributed by atoms with Crippen molar-refractivity contribution in [2.75, 3.05) is 19.8 Å². The van der Waals surface area contributed by atoms with Crippen molar-refractivity contribution in [2.24, 2.45) is 0 Å². The fourth-order valence-electron chi connectivity index (χ4n) is 2.91. The highest BCUT2D eigenvalue weighted by Gasteiger charge is 2.36. The van der Waals surface area contributed by atoms with Gasteiger partial charge in [-0.25, -0.2) is 4.39 Å². The second-order valence-corrected chi connectivity index (χ2v) is 5.79. The van der Waals surface area contributed by atoms with Crippen LogP contribution in [0.4, 0.5) is 4.39 Å². The van der Waals surface area contributed by atoms with Crippen molar-refractivity contribution in [2.45, 2.75) is 36.8 Å². The Bertz CT molecular complexity index is 440. The van der Waals surface area contributed by atoms with E-state index in [0.29, 0.717) is 38.1 Å². The van der Waals surface area contributed by atoms with E-state index in [1.54, 1.807) is 6.07 Å². The van der Waals surface area contributed by atoms with E-state index in [1.807, 2.05) is 12.1 Å². The zero-order valence-electron chi connectivity index (χ0n) is 10.9. The summed E-state index contributed by atoms with van der Waals surface area (Å²) in [5.41, 5.74) is 0.117. The van der Waals surface area contributed by atoms with E-state index in [0.717, 1.165) is 18.4 Å². The van der Waals surface area contributed by atoms with Crippen molar-refractivity contribution in [3.8, 4) is 0 Å². The van der Waals surface area contributed by atoms with Crippen LogP contribution in [-0.4, -0.2) is 36.5 Å². The van der Waals surface area contributed by atoms with Gasteiger partial charge in [-0.3, -0.25) is 0 Å². The first-order chi connectivity index (χ1) is 9.16. The van der Waals surface area contributed by atoms with Gasteiger partial charge >= 0.3 is 0 Å². The van der Waals surface area contributed by atoms with E-state index < -0.39 is 5.60 Å². The summed E-state index contributed by atoms with van der Waals surface area (Å²) in [5.74, 6) is 0.210. The number of halogens is 1. The molecule has 1 aromatic rings. The Labute approximate surface area is 112 Å². The van der Waals surface area contributed by atoms with Gasteiger partial charge in [0.05, 0.1) is 6.61 Å². The molecular weight excluding hydrogens is 245 g/mol. The molecule has 2 N–H and O–H groups in total. The molecule has 1 aliphatic carbocycles. The van der Waals surface area contributed by atoms with Crippen LogP contribution in [0.1, 0.15) is 30.7 Å². The van der Waals surface area contributed by atoms with E-state index >= 15 is 0 Å². The van der Waals surface area contributed by atoms with Crippen LogP contribution in [0.3, 0.4) is 0 Å². The van der Waals surface area contributed by atoms with Crippen molar-refractivity contribution in [3.05, 3.63) is 35.6 Å². The number of aliphatic hydroxyl groups is 1. The molecule has 1 aromatic carbocycles. The van der Waals surface area contributed by atoms with Gasteiger partial charge in [-0.2, -0.15) is 0 Å². The summed E-state index contributed by atoms with van der Waals surface area (Å²) in [6, 6.07) is 7.39. The van der Waals surface area contributed by atoms with Crippen molar-refractivity contribution in [3.63, 3.8) is 0 Å². The SMILES string of the molecule is OC1(CNC2CC(c3ccccc3F)C2)CCOC1. The molecule has 0 spiro atoms. The maximum Gasteiger partial charge on any atom is 0.126 e. The zero-order valence-corrected chi connectivity index (χ0v) is 10.9. The minimum absolute atomic E-state index is 0.103. The van der Waals surface area contributed by atoms with Crippen LogP contribution in [0.25, 0.3) is 0 Å². The Balaban J connectivity index is 1.47. The molecule has 1 saturated carbocycles. The lowest BCUT2D eigenvalue weighted by Gasteiger charge is -2.38. The van der Waals surface area contributed by atoms with Crippen molar-refractivity contribution in [1.29, 1.82) is 0 Å². The van der Waals surface area contributed by atoms with Crippen molar-refractivity contribution in [1.82, 2.24) is 5.32 Å². The number of nitrogens with one attached hydrogen (secondary N) is 1. The number of benzene rings is 1. The summed E-state index contributed by atoms with van der Waals surface area (Å²) in [4.78, 5) is 0. The van der Waals surface area contributed by atoms with Gasteiger partial charge in [0.2, 0.25) is 0 Å². The minimum Gasteiger partial charge on any atom is -0.386 e. The molecule has 3 rings (SSSR count). The largest absolute Gasteiger partial charge is 0.386 e. The average molecular weight is 265 g/mol. The molecule has 0 amide bonds. The molecule has 0 radical (unpaired) electrons. The van der Waals surface area contributed by atoms with Crippen LogP contribution >= 0.6 is 0 Å². The summed E-state index contributed by atoms with van der Waals surface area (Å²) in [6.45, 7) is 1.63. The van der Waals surface area contributed by atoms with Gasteiger partial charge < -0.3 is 15.2 Å². The first-order valence-corrected chi connectivity index (χ1v) is 6.94. The Hall–Kier alpha value is -0.970. The molecule has 2 fully saturated rings. The summed E-state index contributed by atoms with van der Waals surface area (Å²) < 4.78 is 18.8. The quantitative estimate of drug-likeness (QED) is 0.872. The second kappa shape index (κ2) is 5.19. The van der Waals surface area contributed by atoms with Gasteiger partial charge in [0.1, 0.15) is 11.4 Å². The fraction of sp³-hybridized carbons (Fsp3) is 0.600. The summed E-state index contributed by atoms with van der Waals surface area (Å²) in [7, 11) is 0. The minimum atomic E-state index is -0.705. The van der Waals surface area contributed by atoms with Gasteiger partial charge in [-0.15, -0.1) is 0 Å². The van der Waals surface area contributed by atoms with Crippen LogP contribution in [-0.2, 0) is 4.74 Å². The third-order valence-corrected chi connectivity index (χ3v) is 4.29. The molecule has 104 valence electrons. The maximum atomic E-state index is 13.6. The smallest absolute Gasteiger partial charge is 0.126 e. The Kier molecular flexibility index (Phi) is 3.56. The molecule has 2 aliphatic rings. The van der Waals surface area contributed by atoms with Crippen LogP contribution in [0.5, 0.6) is 0 Å². The predicted molar refractivity (Wildman–Crippen MR) is 70.6 cm³/mol. The molecule has 19 heavy (non-hydrogen) atoms. The summed E-state index contributed by atoms with van der Waals surface area (Å²) in [6.07, 6.45) is 2.58. The molecule has 0 aromatic heterocycles. The van der Waals surface area contributed by atoms with Gasteiger partial charge in [-0.1, -0.05) is 18.2 Å². The van der Waals surface area contributed by atoms with Crippen molar-refractivity contribution >= 4 is 0 Å². The number of ether oxygens (including phenoxy) is 1. The number of hydrogen-bond donors (Lipinski definition) is 2. The highest BCUT2D eigenvalue weighted by Crippen LogP contribution is 2.38. The first kappa shape index (κ1) is 13.0. The molecule has 1 atom stereocenters. The number of hydrogen-bond acceptors (Lipinski definition) is 3. The first-order valence-electron chi connectivity index (χ1n) is 6.94. The molecule has 1 aliphatic heterocycles. The number of rotatable bonds is 4. The Morgan fingerprint density at radius 3 is 2.84 bits per heavy atom. The lowest BCUT2D eigenvalue weighted by molar-refractivity contribution is 0.0216. The molecule has 1 saturated heterocycles. The second-order valence-electron chi connectivity index (χ2n) is 5.79. The average Bonchev–Trinajstić information content (AvgIpc) is 2.77. The normalized spacial score (nSPS) is 34.2. The van der Waals surface area contributed by atoms with Gasteiger partial charge in [0.25, 0.3) is 0 Å². The van der Waals surface area contributed by atoms with E-state index in [1.165, 1.54) is 6.07 Å². The third kappa shape index (κ3) is 2.81. The standard InChI is InChI=1S/C15H20FNO2/c16-14-4-2-1-3-13(14)11-7-12(8-11)17-9-15(18)5-6-19-10-15/h1-4,11-12,17-18H,5-10H2. The van der Waals surface area contributed by atoms with E-state index in [4.69, 9.17) is 4.74 Å². The lowest BCUT2D eigenvalue weighted by Crippen LogP contribution is -2.49. The highest BCUT2D eigenvalue weighted by molar-refractivity contribution is 5.24. The summed E-state index contributed by atoms with van der Waals surface area (Å²) in [5, 5.41) is 13.5. The molecular formula is C15H20FNO2. The van der Waals surface area contributed by atoms with Gasteiger partial charge in [0.15, 0.2) is 0 Å². The predicted octanol–water partition coefficient (Wildman–Crippen LogP) is 1.81. The highest BCUT2D eigenvalue weighted by atomic mass is 19.1. The maximum absolute atomic E-state index is 13.6. The zero-order chi connectivity index (χ0) is 13.3. The van der Waals surface area contributed by atoms with Crippen LogP contribution in [0.2, 0.25) is 0 Å². The topological polar surface area (TPSA) is 41.5 Å². The van der Waals surface area contributed by atoms with E-state index in [2.05, 4.69) is 5.32 Å².